The van der Waals surface area contributed by atoms with Gasteiger partial charge in [0, 0.05) is 12.0 Å². The average molecular weight is 156 g/mol. The first-order valence-corrected chi connectivity index (χ1v) is 2.68. The largest absolute Gasteiger partial charge is 0.491 e. The summed E-state index contributed by atoms with van der Waals surface area (Å²) in [6, 6.07) is 0. The summed E-state index contributed by atoms with van der Waals surface area (Å²) in [6.07, 6.45) is 1.00. The third kappa shape index (κ3) is 1.37. The second-order valence-corrected chi connectivity index (χ2v) is 1.77. The summed E-state index contributed by atoms with van der Waals surface area (Å²) in [5.41, 5.74) is 0. The molecular formula is C4H4N4O3. The summed E-state index contributed by atoms with van der Waals surface area (Å²) in [5, 5.41) is 13.3. The normalized spacial score (nSPS) is 9.55. The minimum absolute atomic E-state index is 0.411. The van der Waals surface area contributed by atoms with Gasteiger partial charge in [0.2, 0.25) is 6.33 Å². The van der Waals surface area contributed by atoms with Crippen molar-refractivity contribution in [2.75, 3.05) is 0 Å². The second-order valence-electron chi connectivity index (χ2n) is 1.77. The van der Waals surface area contributed by atoms with Crippen LogP contribution in [0.3, 0.4) is 0 Å². The lowest BCUT2D eigenvalue weighted by atomic mass is 10.7. The van der Waals surface area contributed by atoms with Crippen molar-refractivity contribution < 1.29 is 9.72 Å². The number of rotatable bonds is 1. The van der Waals surface area contributed by atoms with Crippen LogP contribution in [0.25, 0.3) is 0 Å². The van der Waals surface area contributed by atoms with Crippen LogP contribution in [-0.2, 0) is 0 Å². The highest BCUT2D eigenvalue weighted by atomic mass is 16.6. The minimum Gasteiger partial charge on any atom is -0.390 e. The molecule has 0 radical (unpaired) electrons. The summed E-state index contributed by atoms with van der Waals surface area (Å²) < 4.78 is 0.804. The molecule has 0 fully saturated rings. The molecule has 0 saturated heterocycles. The maximum atomic E-state index is 10.5. The van der Waals surface area contributed by atoms with Crippen LogP contribution in [0.2, 0.25) is 0 Å². The van der Waals surface area contributed by atoms with Crippen molar-refractivity contribution in [2.24, 2.45) is 0 Å². The molecule has 1 aromatic heterocycles. The van der Waals surface area contributed by atoms with E-state index >= 15 is 0 Å². The lowest BCUT2D eigenvalue weighted by Crippen LogP contribution is -2.06. The standard InChI is InChI=1S/C4H4N4O3/c1-3(9)7-2-5-4(6-7)8(10)11/h2H,1H3. The van der Waals surface area contributed by atoms with E-state index in [1.807, 2.05) is 0 Å². The van der Waals surface area contributed by atoms with Gasteiger partial charge >= 0.3 is 5.95 Å². The van der Waals surface area contributed by atoms with Crippen LogP contribution >= 0.6 is 0 Å². The Hall–Kier alpha value is -1.79. The van der Waals surface area contributed by atoms with Gasteiger partial charge in [-0.05, 0) is 4.92 Å². The summed E-state index contributed by atoms with van der Waals surface area (Å²) >= 11 is 0. The smallest absolute Gasteiger partial charge is 0.390 e. The van der Waals surface area contributed by atoms with Gasteiger partial charge < -0.3 is 10.1 Å². The molecule has 0 aromatic carbocycles. The van der Waals surface area contributed by atoms with Crippen molar-refractivity contribution in [1.29, 1.82) is 0 Å². The predicted octanol–water partition coefficient (Wildman–Crippen LogP) is -0.154. The first kappa shape index (κ1) is 7.32. The van der Waals surface area contributed by atoms with E-state index in [0.29, 0.717) is 0 Å². The molecule has 0 aliphatic carbocycles. The molecule has 0 aliphatic rings. The number of nitrogens with zero attached hydrogens (tertiary/aromatic N) is 4. The molecule has 11 heavy (non-hydrogen) atoms. The molecule has 7 heteroatoms. The summed E-state index contributed by atoms with van der Waals surface area (Å²) in [5.74, 6) is -0.981. The van der Waals surface area contributed by atoms with Crippen molar-refractivity contribution in [2.45, 2.75) is 6.92 Å². The Labute approximate surface area is 60.8 Å². The van der Waals surface area contributed by atoms with Gasteiger partial charge in [-0.15, -0.1) is 4.68 Å². The highest BCUT2D eigenvalue weighted by Crippen LogP contribution is 1.98. The molecule has 0 N–H and O–H groups in total. The van der Waals surface area contributed by atoms with Gasteiger partial charge in [-0.2, -0.15) is 0 Å². The third-order valence-corrected chi connectivity index (χ3v) is 0.966. The zero-order valence-electron chi connectivity index (χ0n) is 5.59. The molecular weight excluding hydrogens is 152 g/mol. The van der Waals surface area contributed by atoms with Crippen LogP contribution in [0.1, 0.15) is 11.7 Å². The monoisotopic (exact) mass is 156 g/mol. The molecule has 0 saturated carbocycles. The van der Waals surface area contributed by atoms with Crippen molar-refractivity contribution in [3.63, 3.8) is 0 Å². The molecule has 58 valence electrons. The van der Waals surface area contributed by atoms with Gasteiger partial charge in [-0.1, -0.05) is 4.98 Å². The highest BCUT2D eigenvalue weighted by molar-refractivity contribution is 5.74. The number of hydrogen-bond acceptors (Lipinski definition) is 5. The maximum Gasteiger partial charge on any atom is 0.491 e. The Morgan fingerprint density at radius 2 is 2.45 bits per heavy atom. The zero-order chi connectivity index (χ0) is 8.43. The molecule has 0 unspecified atom stereocenters. The van der Waals surface area contributed by atoms with Crippen LogP contribution in [0.15, 0.2) is 6.33 Å². The van der Waals surface area contributed by atoms with E-state index in [1.165, 1.54) is 6.92 Å². The summed E-state index contributed by atoms with van der Waals surface area (Å²) in [6.45, 7) is 1.23. The van der Waals surface area contributed by atoms with Crippen molar-refractivity contribution in [3.05, 3.63) is 16.4 Å². The van der Waals surface area contributed by atoms with Gasteiger partial charge in [0.15, 0.2) is 0 Å². The number of aromatic nitrogens is 3. The van der Waals surface area contributed by atoms with Crippen LogP contribution in [0, 0.1) is 10.1 Å². The van der Waals surface area contributed by atoms with Gasteiger partial charge in [0.05, 0.1) is 0 Å². The third-order valence-electron chi connectivity index (χ3n) is 0.966. The number of carbonyl (C=O) groups is 1. The van der Waals surface area contributed by atoms with Crippen LogP contribution in [-0.4, -0.2) is 25.6 Å². The average Bonchev–Trinajstić information content (AvgIpc) is 2.33. The molecule has 0 bridgehead atoms. The van der Waals surface area contributed by atoms with Gasteiger partial charge in [0.25, 0.3) is 5.91 Å². The van der Waals surface area contributed by atoms with Gasteiger partial charge in [-0.3, -0.25) is 4.79 Å². The van der Waals surface area contributed by atoms with Crippen molar-refractivity contribution in [3.8, 4) is 0 Å². The van der Waals surface area contributed by atoms with Crippen LogP contribution in [0.4, 0.5) is 5.95 Å². The Balaban J connectivity index is 2.99. The Morgan fingerprint density at radius 3 is 2.73 bits per heavy atom. The topological polar surface area (TPSA) is 90.9 Å². The Kier molecular flexibility index (Phi) is 1.63. The van der Waals surface area contributed by atoms with E-state index in [1.54, 1.807) is 0 Å². The Bertz CT molecular complexity index is 276. The van der Waals surface area contributed by atoms with E-state index in [-0.39, 0.29) is 0 Å². The first-order valence-electron chi connectivity index (χ1n) is 2.68. The predicted molar refractivity (Wildman–Crippen MR) is 33.0 cm³/mol. The lowest BCUT2D eigenvalue weighted by Gasteiger charge is -1.83. The Morgan fingerprint density at radius 1 is 1.82 bits per heavy atom. The van der Waals surface area contributed by atoms with E-state index < -0.39 is 16.8 Å². The fraction of sp³-hybridized carbons (Fsp3) is 0.250. The van der Waals surface area contributed by atoms with Crippen molar-refractivity contribution in [1.82, 2.24) is 14.8 Å². The second kappa shape index (κ2) is 2.45. The summed E-state index contributed by atoms with van der Waals surface area (Å²) in [7, 11) is 0. The van der Waals surface area contributed by atoms with Gasteiger partial charge in [0.1, 0.15) is 0 Å². The number of carbonyl (C=O) groups excluding carboxylic acids is 1. The summed E-state index contributed by atoms with van der Waals surface area (Å²) in [4.78, 5) is 23.0. The van der Waals surface area contributed by atoms with Gasteiger partial charge in [-0.25, -0.2) is 0 Å². The molecule has 0 spiro atoms. The molecule has 7 nitrogen and oxygen atoms in total. The lowest BCUT2D eigenvalue weighted by molar-refractivity contribution is -0.394. The molecule has 0 atom stereocenters. The fourth-order valence-corrected chi connectivity index (χ4v) is 0.490. The molecule has 1 rings (SSSR count). The SMILES string of the molecule is CC(=O)n1cnc([N+](=O)[O-])n1. The highest BCUT2D eigenvalue weighted by Gasteiger charge is 2.14. The quantitative estimate of drug-likeness (QED) is 0.416. The van der Waals surface area contributed by atoms with E-state index in [0.717, 1.165) is 11.0 Å². The van der Waals surface area contributed by atoms with Crippen molar-refractivity contribution >= 4 is 11.9 Å². The molecule has 0 aliphatic heterocycles. The fourth-order valence-electron chi connectivity index (χ4n) is 0.490. The first-order chi connectivity index (χ1) is 5.11. The zero-order valence-corrected chi connectivity index (χ0v) is 5.59. The molecule has 0 amide bonds. The molecule has 1 heterocycles. The minimum atomic E-state index is -0.764. The van der Waals surface area contributed by atoms with E-state index in [9.17, 15) is 14.9 Å². The van der Waals surface area contributed by atoms with E-state index in [2.05, 4.69) is 10.1 Å². The molecule has 1 aromatic rings. The van der Waals surface area contributed by atoms with E-state index in [4.69, 9.17) is 0 Å². The van der Waals surface area contributed by atoms with Crippen LogP contribution < -0.4 is 0 Å². The van der Waals surface area contributed by atoms with Crippen LogP contribution in [0.5, 0.6) is 0 Å². The maximum absolute atomic E-state index is 10.5. The number of nitro groups is 1. The number of hydrogen-bond donors (Lipinski definition) is 0.